The minimum absolute atomic E-state index is 0.0192. The molecule has 1 aliphatic carbocycles. The van der Waals surface area contributed by atoms with Crippen molar-refractivity contribution >= 4 is 5.97 Å². The molecule has 1 N–H and O–H groups in total. The molecule has 0 amide bonds. The van der Waals surface area contributed by atoms with Gasteiger partial charge in [0, 0.05) is 0 Å². The fraction of sp³-hybridized carbons (Fsp3) is 0.900. The first-order valence-electron chi connectivity index (χ1n) is 4.88. The van der Waals surface area contributed by atoms with Crippen LogP contribution in [0.15, 0.2) is 0 Å². The number of carbonyl (C=O) groups excluding carboxylic acids is 1. The van der Waals surface area contributed by atoms with Crippen LogP contribution < -0.4 is 0 Å². The van der Waals surface area contributed by atoms with Gasteiger partial charge in [-0.3, -0.25) is 0 Å². The molecule has 0 bridgehead atoms. The second kappa shape index (κ2) is 4.28. The molecule has 0 unspecified atom stereocenters. The van der Waals surface area contributed by atoms with Crippen LogP contribution in [0.4, 0.5) is 0 Å². The van der Waals surface area contributed by atoms with Gasteiger partial charge in [0.05, 0.1) is 12.2 Å². The summed E-state index contributed by atoms with van der Waals surface area (Å²) in [7, 11) is 0. The van der Waals surface area contributed by atoms with E-state index in [4.69, 9.17) is 14.6 Å². The highest BCUT2D eigenvalue weighted by Gasteiger charge is 2.29. The summed E-state index contributed by atoms with van der Waals surface area (Å²) < 4.78 is 10.3. The second-order valence-electron chi connectivity index (χ2n) is 4.64. The minimum atomic E-state index is -0.459. The third-order valence-electron chi connectivity index (χ3n) is 1.93. The zero-order valence-corrected chi connectivity index (χ0v) is 8.95. The number of hydrogen-bond donors (Lipinski definition) is 1. The smallest absolute Gasteiger partial charge is 0.332 e. The molecule has 1 aliphatic rings. The summed E-state index contributed by atoms with van der Waals surface area (Å²) in [4.78, 5) is 11.2. The van der Waals surface area contributed by atoms with Crippen molar-refractivity contribution in [1.29, 1.82) is 0 Å². The highest BCUT2D eigenvalue weighted by molar-refractivity contribution is 5.71. The van der Waals surface area contributed by atoms with Crippen molar-refractivity contribution in [2.24, 2.45) is 0 Å². The molecular weight excluding hydrogens is 184 g/mol. The van der Waals surface area contributed by atoms with Gasteiger partial charge in [0.25, 0.3) is 0 Å². The third-order valence-corrected chi connectivity index (χ3v) is 1.93. The number of aliphatic hydroxyl groups excluding tert-OH is 1. The normalized spacial score (nSPS) is 26.9. The average molecular weight is 202 g/mol. The van der Waals surface area contributed by atoms with Crippen molar-refractivity contribution < 1.29 is 19.4 Å². The predicted molar refractivity (Wildman–Crippen MR) is 50.8 cm³/mol. The maximum Gasteiger partial charge on any atom is 0.332 e. The Hall–Kier alpha value is -0.610. The molecule has 0 heterocycles. The van der Waals surface area contributed by atoms with Gasteiger partial charge in [0.2, 0.25) is 0 Å². The fourth-order valence-corrected chi connectivity index (χ4v) is 1.23. The Morgan fingerprint density at radius 3 is 2.43 bits per heavy atom. The van der Waals surface area contributed by atoms with E-state index >= 15 is 0 Å². The average Bonchev–Trinajstić information content (AvgIpc) is 1.92. The first-order chi connectivity index (χ1) is 6.37. The van der Waals surface area contributed by atoms with Crippen LogP contribution in [0.3, 0.4) is 0 Å². The van der Waals surface area contributed by atoms with Crippen molar-refractivity contribution in [2.45, 2.75) is 51.4 Å². The number of carbonyl (C=O) groups is 1. The number of esters is 1. The van der Waals surface area contributed by atoms with E-state index in [-0.39, 0.29) is 24.8 Å². The van der Waals surface area contributed by atoms with E-state index in [1.807, 2.05) is 20.8 Å². The van der Waals surface area contributed by atoms with E-state index in [9.17, 15) is 4.79 Å². The molecule has 1 rings (SSSR count). The van der Waals surface area contributed by atoms with E-state index < -0.39 is 5.60 Å². The van der Waals surface area contributed by atoms with Gasteiger partial charge in [-0.2, -0.15) is 0 Å². The standard InChI is InChI=1S/C10H18O4/c1-10(2,3)14-9(12)6-13-8-4-7(11)5-8/h7-8,11H,4-6H2,1-3H3. The van der Waals surface area contributed by atoms with Gasteiger partial charge in [-0.15, -0.1) is 0 Å². The number of rotatable bonds is 3. The third kappa shape index (κ3) is 4.07. The van der Waals surface area contributed by atoms with E-state index in [0.717, 1.165) is 0 Å². The molecule has 0 saturated heterocycles. The monoisotopic (exact) mass is 202 g/mol. The largest absolute Gasteiger partial charge is 0.458 e. The van der Waals surface area contributed by atoms with Crippen molar-refractivity contribution in [1.82, 2.24) is 0 Å². The Labute approximate surface area is 84.2 Å². The lowest BCUT2D eigenvalue weighted by Crippen LogP contribution is -2.37. The van der Waals surface area contributed by atoms with Crippen LogP contribution in [0, 0.1) is 0 Å². The number of hydrogen-bond acceptors (Lipinski definition) is 4. The van der Waals surface area contributed by atoms with Crippen LogP contribution in [-0.4, -0.2) is 35.5 Å². The van der Waals surface area contributed by atoms with E-state index in [2.05, 4.69) is 0 Å². The lowest BCUT2D eigenvalue weighted by Gasteiger charge is -2.31. The first kappa shape index (κ1) is 11.5. The Kier molecular flexibility index (Phi) is 3.50. The maximum absolute atomic E-state index is 11.2. The van der Waals surface area contributed by atoms with E-state index in [1.54, 1.807) is 0 Å². The molecule has 0 aromatic carbocycles. The summed E-state index contributed by atoms with van der Waals surface area (Å²) in [6.07, 6.45) is 1.03. The second-order valence-corrected chi connectivity index (χ2v) is 4.64. The highest BCUT2D eigenvalue weighted by atomic mass is 16.6. The van der Waals surface area contributed by atoms with Crippen molar-refractivity contribution in [3.63, 3.8) is 0 Å². The molecule has 0 radical (unpaired) electrons. The molecule has 4 heteroatoms. The van der Waals surface area contributed by atoms with Crippen molar-refractivity contribution in [3.8, 4) is 0 Å². The molecule has 0 aromatic rings. The summed E-state index contributed by atoms with van der Waals surface area (Å²) in [6.45, 7) is 5.43. The number of aliphatic hydroxyl groups is 1. The van der Waals surface area contributed by atoms with Crippen LogP contribution in [0.25, 0.3) is 0 Å². The molecular formula is C10H18O4. The summed E-state index contributed by atoms with van der Waals surface area (Å²) in [5.74, 6) is -0.348. The van der Waals surface area contributed by atoms with Gasteiger partial charge in [0.15, 0.2) is 0 Å². The molecule has 0 aromatic heterocycles. The van der Waals surface area contributed by atoms with Crippen molar-refractivity contribution in [2.75, 3.05) is 6.61 Å². The zero-order chi connectivity index (χ0) is 10.8. The minimum Gasteiger partial charge on any atom is -0.458 e. The molecule has 0 atom stereocenters. The number of ether oxygens (including phenoxy) is 2. The van der Waals surface area contributed by atoms with Gasteiger partial charge in [0.1, 0.15) is 12.2 Å². The van der Waals surface area contributed by atoms with Crippen LogP contribution >= 0.6 is 0 Å². The summed E-state index contributed by atoms with van der Waals surface area (Å²) in [5.41, 5.74) is -0.459. The Bertz CT molecular complexity index is 201. The summed E-state index contributed by atoms with van der Waals surface area (Å²) in [5, 5.41) is 8.97. The van der Waals surface area contributed by atoms with Gasteiger partial charge in [-0.1, -0.05) is 0 Å². The fourth-order valence-electron chi connectivity index (χ4n) is 1.23. The topological polar surface area (TPSA) is 55.8 Å². The van der Waals surface area contributed by atoms with E-state index in [1.165, 1.54) is 0 Å². The highest BCUT2D eigenvalue weighted by Crippen LogP contribution is 2.22. The molecule has 14 heavy (non-hydrogen) atoms. The van der Waals surface area contributed by atoms with Crippen LogP contribution in [0.1, 0.15) is 33.6 Å². The first-order valence-corrected chi connectivity index (χ1v) is 4.88. The molecule has 82 valence electrons. The lowest BCUT2D eigenvalue weighted by molar-refractivity contribution is -0.166. The van der Waals surface area contributed by atoms with Crippen LogP contribution in [0.2, 0.25) is 0 Å². The summed E-state index contributed by atoms with van der Waals surface area (Å²) >= 11 is 0. The predicted octanol–water partition coefficient (Wildman–Crippen LogP) is 0.868. The molecule has 0 aliphatic heterocycles. The van der Waals surface area contributed by atoms with Gasteiger partial charge in [-0.25, -0.2) is 4.79 Å². The van der Waals surface area contributed by atoms with Gasteiger partial charge in [-0.05, 0) is 33.6 Å². The van der Waals surface area contributed by atoms with Gasteiger partial charge >= 0.3 is 5.97 Å². The SMILES string of the molecule is CC(C)(C)OC(=O)COC1CC(O)C1. The zero-order valence-electron chi connectivity index (χ0n) is 8.95. The Balaban J connectivity index is 2.10. The summed E-state index contributed by atoms with van der Waals surface area (Å²) in [6, 6.07) is 0. The van der Waals surface area contributed by atoms with Gasteiger partial charge < -0.3 is 14.6 Å². The molecule has 1 saturated carbocycles. The Morgan fingerprint density at radius 2 is 2.00 bits per heavy atom. The molecule has 0 spiro atoms. The quantitative estimate of drug-likeness (QED) is 0.690. The van der Waals surface area contributed by atoms with E-state index in [0.29, 0.717) is 12.8 Å². The lowest BCUT2D eigenvalue weighted by atomic mass is 9.92. The van der Waals surface area contributed by atoms with Crippen LogP contribution in [-0.2, 0) is 14.3 Å². The Morgan fingerprint density at radius 1 is 1.43 bits per heavy atom. The molecule has 1 fully saturated rings. The maximum atomic E-state index is 11.2. The van der Waals surface area contributed by atoms with Crippen LogP contribution in [0.5, 0.6) is 0 Å². The van der Waals surface area contributed by atoms with Crippen molar-refractivity contribution in [3.05, 3.63) is 0 Å². The molecule has 4 nitrogen and oxygen atoms in total.